The predicted octanol–water partition coefficient (Wildman–Crippen LogP) is 3.99. The molecule has 0 fully saturated rings. The number of anilines is 1. The van der Waals surface area contributed by atoms with Gasteiger partial charge in [-0.15, -0.1) is 0 Å². The molecule has 4 nitrogen and oxygen atoms in total. The highest BCUT2D eigenvalue weighted by atomic mass is 127. The molecule has 0 radical (unpaired) electrons. The number of rotatable bonds is 5. The van der Waals surface area contributed by atoms with Crippen molar-refractivity contribution in [3.05, 3.63) is 62.7 Å². The fourth-order valence-electron chi connectivity index (χ4n) is 2.05. The summed E-state index contributed by atoms with van der Waals surface area (Å²) in [5, 5.41) is 5.65. The van der Waals surface area contributed by atoms with E-state index >= 15 is 0 Å². The molecule has 0 unspecified atom stereocenters. The first kappa shape index (κ1) is 17.5. The van der Waals surface area contributed by atoms with Crippen LogP contribution in [0.15, 0.2) is 42.5 Å². The number of para-hydroxylation sites is 1. The number of halogens is 1. The first-order chi connectivity index (χ1) is 11.0. The molecule has 0 aromatic heterocycles. The van der Waals surface area contributed by atoms with Crippen molar-refractivity contribution in [1.29, 1.82) is 0 Å². The molecule has 0 saturated heterocycles. The quantitative estimate of drug-likeness (QED) is 0.716. The van der Waals surface area contributed by atoms with Crippen molar-refractivity contribution in [2.24, 2.45) is 0 Å². The van der Waals surface area contributed by atoms with Gasteiger partial charge in [0.1, 0.15) is 0 Å². The van der Waals surface area contributed by atoms with Crippen LogP contribution in [0.3, 0.4) is 0 Å². The highest BCUT2D eigenvalue weighted by Gasteiger charge is 2.14. The SMILES string of the molecule is CCCNC(=O)c1ccccc1NC(=O)c1ccc(C)c(I)c1. The maximum Gasteiger partial charge on any atom is 0.255 e. The third kappa shape index (κ3) is 4.54. The lowest BCUT2D eigenvalue weighted by Gasteiger charge is -2.11. The minimum atomic E-state index is -0.223. The summed E-state index contributed by atoms with van der Waals surface area (Å²) in [5.41, 5.74) is 2.68. The van der Waals surface area contributed by atoms with E-state index in [2.05, 4.69) is 33.2 Å². The molecule has 2 aromatic carbocycles. The van der Waals surface area contributed by atoms with Crippen molar-refractivity contribution in [3.8, 4) is 0 Å². The van der Waals surface area contributed by atoms with Crippen LogP contribution in [-0.2, 0) is 0 Å². The van der Waals surface area contributed by atoms with Crippen molar-refractivity contribution in [1.82, 2.24) is 5.32 Å². The van der Waals surface area contributed by atoms with Crippen LogP contribution in [0.4, 0.5) is 5.69 Å². The van der Waals surface area contributed by atoms with E-state index in [4.69, 9.17) is 0 Å². The fraction of sp³-hybridized carbons (Fsp3) is 0.222. The number of aryl methyl sites for hydroxylation is 1. The number of amides is 2. The molecule has 0 saturated carbocycles. The molecule has 0 aliphatic heterocycles. The minimum Gasteiger partial charge on any atom is -0.352 e. The average Bonchev–Trinajstić information content (AvgIpc) is 2.55. The molecule has 2 rings (SSSR count). The topological polar surface area (TPSA) is 58.2 Å². The highest BCUT2D eigenvalue weighted by molar-refractivity contribution is 14.1. The monoisotopic (exact) mass is 422 g/mol. The van der Waals surface area contributed by atoms with Crippen molar-refractivity contribution in [2.45, 2.75) is 20.3 Å². The normalized spacial score (nSPS) is 10.2. The summed E-state index contributed by atoms with van der Waals surface area (Å²) < 4.78 is 1.03. The van der Waals surface area contributed by atoms with Crippen molar-refractivity contribution in [2.75, 3.05) is 11.9 Å². The fourth-order valence-corrected chi connectivity index (χ4v) is 2.57. The Kier molecular flexibility index (Phi) is 6.15. The van der Waals surface area contributed by atoms with Gasteiger partial charge < -0.3 is 10.6 Å². The molecular formula is C18H19IN2O2. The van der Waals surface area contributed by atoms with Gasteiger partial charge in [-0.25, -0.2) is 0 Å². The number of nitrogens with one attached hydrogen (secondary N) is 2. The van der Waals surface area contributed by atoms with E-state index < -0.39 is 0 Å². The van der Waals surface area contributed by atoms with Gasteiger partial charge >= 0.3 is 0 Å². The third-order valence-electron chi connectivity index (χ3n) is 3.39. The zero-order valence-electron chi connectivity index (χ0n) is 13.2. The van der Waals surface area contributed by atoms with Gasteiger partial charge in [-0.3, -0.25) is 9.59 Å². The van der Waals surface area contributed by atoms with E-state index in [9.17, 15) is 9.59 Å². The van der Waals surface area contributed by atoms with Crippen LogP contribution < -0.4 is 10.6 Å². The van der Waals surface area contributed by atoms with Crippen LogP contribution in [0.5, 0.6) is 0 Å². The van der Waals surface area contributed by atoms with E-state index in [0.717, 1.165) is 15.6 Å². The van der Waals surface area contributed by atoms with Gasteiger partial charge in [0.25, 0.3) is 11.8 Å². The molecule has 23 heavy (non-hydrogen) atoms. The molecule has 2 aromatic rings. The standard InChI is InChI=1S/C18H19IN2O2/c1-3-10-20-18(23)14-6-4-5-7-16(14)21-17(22)13-9-8-12(2)15(19)11-13/h4-9,11H,3,10H2,1-2H3,(H,20,23)(H,21,22). The van der Waals surface area contributed by atoms with Crippen molar-refractivity contribution < 1.29 is 9.59 Å². The largest absolute Gasteiger partial charge is 0.352 e. The van der Waals surface area contributed by atoms with Gasteiger partial charge in [0.05, 0.1) is 11.3 Å². The van der Waals surface area contributed by atoms with E-state index in [0.29, 0.717) is 23.4 Å². The molecule has 5 heteroatoms. The van der Waals surface area contributed by atoms with Crippen LogP contribution in [0.1, 0.15) is 39.6 Å². The van der Waals surface area contributed by atoms with E-state index in [1.165, 1.54) is 0 Å². The maximum absolute atomic E-state index is 12.4. The molecule has 0 heterocycles. The molecule has 2 N–H and O–H groups in total. The second-order valence-corrected chi connectivity index (χ2v) is 6.38. The summed E-state index contributed by atoms with van der Waals surface area (Å²) in [6, 6.07) is 12.6. The van der Waals surface area contributed by atoms with Crippen molar-refractivity contribution >= 4 is 40.1 Å². The zero-order valence-corrected chi connectivity index (χ0v) is 15.3. The van der Waals surface area contributed by atoms with Crippen LogP contribution in [0.2, 0.25) is 0 Å². The highest BCUT2D eigenvalue weighted by Crippen LogP contribution is 2.18. The van der Waals surface area contributed by atoms with Crippen LogP contribution in [0, 0.1) is 10.5 Å². The Labute approximate surface area is 149 Å². The number of hydrogen-bond donors (Lipinski definition) is 2. The summed E-state index contributed by atoms with van der Waals surface area (Å²) in [4.78, 5) is 24.6. The predicted molar refractivity (Wildman–Crippen MR) is 101 cm³/mol. The summed E-state index contributed by atoms with van der Waals surface area (Å²) in [6.07, 6.45) is 0.863. The van der Waals surface area contributed by atoms with Gasteiger partial charge in [-0.05, 0) is 65.8 Å². The number of hydrogen-bond acceptors (Lipinski definition) is 2. The smallest absolute Gasteiger partial charge is 0.255 e. The molecule has 2 amide bonds. The third-order valence-corrected chi connectivity index (χ3v) is 4.55. The average molecular weight is 422 g/mol. The lowest BCUT2D eigenvalue weighted by molar-refractivity contribution is 0.0954. The Morgan fingerprint density at radius 2 is 1.83 bits per heavy atom. The van der Waals surface area contributed by atoms with Gasteiger partial charge in [-0.2, -0.15) is 0 Å². The molecule has 0 atom stereocenters. The first-order valence-corrected chi connectivity index (χ1v) is 8.55. The number of carbonyl (C=O) groups is 2. The van der Waals surface area contributed by atoms with Crippen LogP contribution in [0.25, 0.3) is 0 Å². The maximum atomic E-state index is 12.4. The van der Waals surface area contributed by atoms with Gasteiger partial charge in [0.2, 0.25) is 0 Å². The lowest BCUT2D eigenvalue weighted by atomic mass is 10.1. The van der Waals surface area contributed by atoms with Gasteiger partial charge in [-0.1, -0.05) is 25.1 Å². The van der Waals surface area contributed by atoms with Gasteiger partial charge in [0, 0.05) is 15.7 Å². The molecule has 120 valence electrons. The van der Waals surface area contributed by atoms with Gasteiger partial charge in [0.15, 0.2) is 0 Å². The number of carbonyl (C=O) groups excluding carboxylic acids is 2. The minimum absolute atomic E-state index is 0.179. The summed E-state index contributed by atoms with van der Waals surface area (Å²) in [5.74, 6) is -0.403. The molecule has 0 spiro atoms. The Balaban J connectivity index is 2.20. The van der Waals surface area contributed by atoms with E-state index in [1.54, 1.807) is 30.3 Å². The van der Waals surface area contributed by atoms with E-state index in [1.807, 2.05) is 26.0 Å². The first-order valence-electron chi connectivity index (χ1n) is 7.47. The Morgan fingerprint density at radius 1 is 1.09 bits per heavy atom. The molecule has 0 aliphatic rings. The molecule has 0 aliphatic carbocycles. The molecule has 0 bridgehead atoms. The van der Waals surface area contributed by atoms with Crippen LogP contribution >= 0.6 is 22.6 Å². The zero-order chi connectivity index (χ0) is 16.8. The molecular weight excluding hydrogens is 403 g/mol. The summed E-state index contributed by atoms with van der Waals surface area (Å²) in [7, 11) is 0. The van der Waals surface area contributed by atoms with E-state index in [-0.39, 0.29) is 11.8 Å². The Bertz CT molecular complexity index is 729. The van der Waals surface area contributed by atoms with Crippen LogP contribution in [-0.4, -0.2) is 18.4 Å². The van der Waals surface area contributed by atoms with Crippen molar-refractivity contribution in [3.63, 3.8) is 0 Å². The Morgan fingerprint density at radius 3 is 2.52 bits per heavy atom. The summed E-state index contributed by atoms with van der Waals surface area (Å²) in [6.45, 7) is 4.60. The second kappa shape index (κ2) is 8.10. The Hall–Kier alpha value is -1.89. The lowest BCUT2D eigenvalue weighted by Crippen LogP contribution is -2.25. The summed E-state index contributed by atoms with van der Waals surface area (Å²) >= 11 is 2.20. The second-order valence-electron chi connectivity index (χ2n) is 5.22. The number of benzene rings is 2.